The second-order valence-corrected chi connectivity index (χ2v) is 6.66. The summed E-state index contributed by atoms with van der Waals surface area (Å²) in [5.41, 5.74) is 1.15. The summed E-state index contributed by atoms with van der Waals surface area (Å²) in [6.45, 7) is 1.05. The van der Waals surface area contributed by atoms with E-state index in [1.54, 1.807) is 0 Å². The van der Waals surface area contributed by atoms with E-state index in [0.717, 1.165) is 12.1 Å². The topological polar surface area (TPSA) is 12.5 Å². The summed E-state index contributed by atoms with van der Waals surface area (Å²) in [7, 11) is 0. The second kappa shape index (κ2) is 9.57. The third-order valence-corrected chi connectivity index (χ3v) is 4.24. The van der Waals surface area contributed by atoms with Gasteiger partial charge in [0, 0.05) is 25.5 Å². The van der Waals surface area contributed by atoms with Crippen LogP contribution in [-0.4, -0.2) is 30.2 Å². The molecule has 0 bridgehead atoms. The van der Waals surface area contributed by atoms with E-state index >= 15 is 0 Å². The van der Waals surface area contributed by atoms with Gasteiger partial charge in [-0.05, 0) is 35.4 Å². The molecule has 0 fully saturated rings. The van der Waals surface area contributed by atoms with Crippen molar-refractivity contribution in [1.29, 1.82) is 0 Å². The molecule has 0 aliphatic rings. The maximum Gasteiger partial charge on any atom is 0.573 e. The van der Waals surface area contributed by atoms with Gasteiger partial charge in [-0.25, -0.2) is 8.78 Å². The molecule has 0 saturated carbocycles. The second-order valence-electron chi connectivity index (χ2n) is 5.76. The number of benzene rings is 2. The van der Waals surface area contributed by atoms with Crippen molar-refractivity contribution in [1.82, 2.24) is 4.90 Å². The maximum atomic E-state index is 13.4. The first-order chi connectivity index (χ1) is 12.7. The zero-order valence-electron chi connectivity index (χ0n) is 13.9. The van der Waals surface area contributed by atoms with Gasteiger partial charge in [0.1, 0.15) is 5.75 Å². The quantitative estimate of drug-likeness (QED) is 0.385. The Bertz CT molecular complexity index is 740. The molecular formula is C18H16Cl2F5NO. The standard InChI is InChI=1S/C18H16Cl2F5NO/c19-7-8-26(10-12-1-6-16(21)17(22)9-12)11-15(20)13-2-4-14(5-3-13)27-18(23,24)25/h1-6,9,15H,7-8,10-11H2. The zero-order chi connectivity index (χ0) is 20.0. The summed E-state index contributed by atoms with van der Waals surface area (Å²) in [5, 5.41) is -0.543. The van der Waals surface area contributed by atoms with E-state index in [9.17, 15) is 22.0 Å². The van der Waals surface area contributed by atoms with Crippen molar-refractivity contribution >= 4 is 23.2 Å². The molecule has 2 aromatic carbocycles. The molecule has 0 radical (unpaired) electrons. The predicted molar refractivity (Wildman–Crippen MR) is 94.1 cm³/mol. The molecule has 0 spiro atoms. The van der Waals surface area contributed by atoms with E-state index in [0.29, 0.717) is 36.6 Å². The predicted octanol–water partition coefficient (Wildman–Crippen LogP) is 5.88. The van der Waals surface area contributed by atoms with Crippen LogP contribution >= 0.6 is 23.2 Å². The summed E-state index contributed by atoms with van der Waals surface area (Å²) in [6, 6.07) is 8.85. The van der Waals surface area contributed by atoms with Crippen molar-refractivity contribution in [3.8, 4) is 5.75 Å². The van der Waals surface area contributed by atoms with E-state index in [1.807, 2.05) is 4.90 Å². The van der Waals surface area contributed by atoms with Gasteiger partial charge in [0.15, 0.2) is 11.6 Å². The van der Waals surface area contributed by atoms with Crippen molar-refractivity contribution in [3.05, 3.63) is 65.2 Å². The first kappa shape index (κ1) is 21.7. The first-order valence-corrected chi connectivity index (χ1v) is 8.87. The minimum absolute atomic E-state index is 0.294. The van der Waals surface area contributed by atoms with Crippen LogP contribution in [0.25, 0.3) is 0 Å². The largest absolute Gasteiger partial charge is 0.573 e. The van der Waals surface area contributed by atoms with E-state index < -0.39 is 23.4 Å². The Labute approximate surface area is 163 Å². The molecule has 0 heterocycles. The molecular weight excluding hydrogens is 412 g/mol. The Morgan fingerprint density at radius 2 is 1.67 bits per heavy atom. The van der Waals surface area contributed by atoms with Crippen LogP contribution < -0.4 is 4.74 Å². The molecule has 2 aromatic rings. The van der Waals surface area contributed by atoms with Crippen LogP contribution in [0.3, 0.4) is 0 Å². The highest BCUT2D eigenvalue weighted by Crippen LogP contribution is 2.27. The Balaban J connectivity index is 2.03. The highest BCUT2D eigenvalue weighted by atomic mass is 35.5. The van der Waals surface area contributed by atoms with Crippen LogP contribution in [0.15, 0.2) is 42.5 Å². The number of hydrogen-bond donors (Lipinski definition) is 0. The molecule has 27 heavy (non-hydrogen) atoms. The van der Waals surface area contributed by atoms with Gasteiger partial charge < -0.3 is 4.74 Å². The van der Waals surface area contributed by atoms with E-state index in [-0.39, 0.29) is 5.75 Å². The molecule has 0 amide bonds. The van der Waals surface area contributed by atoms with E-state index in [2.05, 4.69) is 4.74 Å². The lowest BCUT2D eigenvalue weighted by Gasteiger charge is -2.24. The van der Waals surface area contributed by atoms with Gasteiger partial charge in [-0.15, -0.1) is 36.4 Å². The molecule has 1 unspecified atom stereocenters. The Hall–Kier alpha value is -1.57. The summed E-state index contributed by atoms with van der Waals surface area (Å²) >= 11 is 12.2. The molecule has 0 aliphatic carbocycles. The maximum absolute atomic E-state index is 13.4. The first-order valence-electron chi connectivity index (χ1n) is 7.90. The van der Waals surface area contributed by atoms with Gasteiger partial charge >= 0.3 is 6.36 Å². The highest BCUT2D eigenvalue weighted by Gasteiger charge is 2.31. The summed E-state index contributed by atoms with van der Waals surface area (Å²) in [5.74, 6) is -1.92. The minimum atomic E-state index is -4.76. The van der Waals surface area contributed by atoms with Crippen molar-refractivity contribution in [3.63, 3.8) is 0 Å². The van der Waals surface area contributed by atoms with Gasteiger partial charge in [-0.3, -0.25) is 4.90 Å². The number of halogens is 7. The Kier molecular flexibility index (Phi) is 7.70. The molecule has 2 rings (SSSR count). The fourth-order valence-electron chi connectivity index (χ4n) is 2.46. The number of ether oxygens (including phenoxy) is 1. The normalized spacial score (nSPS) is 13.0. The van der Waals surface area contributed by atoms with Gasteiger partial charge in [-0.1, -0.05) is 18.2 Å². The smallest absolute Gasteiger partial charge is 0.406 e. The molecule has 0 aromatic heterocycles. The van der Waals surface area contributed by atoms with Crippen molar-refractivity contribution in [2.75, 3.05) is 19.0 Å². The minimum Gasteiger partial charge on any atom is -0.406 e. The van der Waals surface area contributed by atoms with Gasteiger partial charge in [0.2, 0.25) is 0 Å². The van der Waals surface area contributed by atoms with Crippen LogP contribution in [0, 0.1) is 11.6 Å². The monoisotopic (exact) mass is 427 g/mol. The van der Waals surface area contributed by atoms with E-state index in [1.165, 1.54) is 30.3 Å². The fraction of sp³-hybridized carbons (Fsp3) is 0.333. The number of nitrogens with zero attached hydrogens (tertiary/aromatic N) is 1. The zero-order valence-corrected chi connectivity index (χ0v) is 15.5. The lowest BCUT2D eigenvalue weighted by atomic mass is 10.1. The molecule has 0 N–H and O–H groups in total. The molecule has 9 heteroatoms. The molecule has 1 atom stereocenters. The third-order valence-electron chi connectivity index (χ3n) is 3.68. The molecule has 148 valence electrons. The van der Waals surface area contributed by atoms with Crippen molar-refractivity contribution in [2.24, 2.45) is 0 Å². The van der Waals surface area contributed by atoms with Crippen molar-refractivity contribution < 1.29 is 26.7 Å². The lowest BCUT2D eigenvalue weighted by Crippen LogP contribution is -2.29. The van der Waals surface area contributed by atoms with Crippen LogP contribution in [-0.2, 0) is 6.54 Å². The van der Waals surface area contributed by atoms with Crippen LogP contribution in [0.5, 0.6) is 5.75 Å². The molecule has 0 aliphatic heterocycles. The number of hydrogen-bond acceptors (Lipinski definition) is 2. The lowest BCUT2D eigenvalue weighted by molar-refractivity contribution is -0.274. The van der Waals surface area contributed by atoms with Crippen LogP contribution in [0.4, 0.5) is 22.0 Å². The molecule has 2 nitrogen and oxygen atoms in total. The Morgan fingerprint density at radius 3 is 2.22 bits per heavy atom. The molecule has 0 saturated heterocycles. The summed E-state index contributed by atoms with van der Waals surface area (Å²) < 4.78 is 66.8. The summed E-state index contributed by atoms with van der Waals surface area (Å²) in [6.07, 6.45) is -4.76. The highest BCUT2D eigenvalue weighted by molar-refractivity contribution is 6.21. The number of rotatable bonds is 8. The van der Waals surface area contributed by atoms with Crippen LogP contribution in [0.2, 0.25) is 0 Å². The number of alkyl halides is 5. The SMILES string of the molecule is Fc1ccc(CN(CCCl)CC(Cl)c2ccc(OC(F)(F)F)cc2)cc1F. The van der Waals surface area contributed by atoms with E-state index in [4.69, 9.17) is 23.2 Å². The van der Waals surface area contributed by atoms with Gasteiger partial charge in [0.25, 0.3) is 0 Å². The van der Waals surface area contributed by atoms with Crippen LogP contribution in [0.1, 0.15) is 16.5 Å². The fourth-order valence-corrected chi connectivity index (χ4v) is 3.04. The summed E-state index contributed by atoms with van der Waals surface area (Å²) in [4.78, 5) is 1.84. The van der Waals surface area contributed by atoms with Gasteiger partial charge in [0.05, 0.1) is 5.38 Å². The average Bonchev–Trinajstić information content (AvgIpc) is 2.57. The van der Waals surface area contributed by atoms with Crippen molar-refractivity contribution in [2.45, 2.75) is 18.3 Å². The average molecular weight is 428 g/mol. The third kappa shape index (κ3) is 7.16. The Morgan fingerprint density at radius 1 is 1.00 bits per heavy atom. The van der Waals surface area contributed by atoms with Gasteiger partial charge in [-0.2, -0.15) is 0 Å².